The Bertz CT molecular complexity index is 758. The molecule has 1 atom stereocenters. The van der Waals surface area contributed by atoms with Crippen molar-refractivity contribution in [3.8, 4) is 11.4 Å². The van der Waals surface area contributed by atoms with Crippen molar-refractivity contribution in [1.82, 2.24) is 20.2 Å². The smallest absolute Gasteiger partial charge is 0.184 e. The van der Waals surface area contributed by atoms with Gasteiger partial charge in [-0.05, 0) is 35.0 Å². The molecule has 0 aliphatic carbocycles. The average Bonchev–Trinajstić information content (AvgIpc) is 2.98. The second-order valence-corrected chi connectivity index (χ2v) is 6.96. The highest BCUT2D eigenvalue weighted by Crippen LogP contribution is 2.30. The molecule has 1 unspecified atom stereocenters. The molecule has 1 aliphatic heterocycles. The van der Waals surface area contributed by atoms with Crippen molar-refractivity contribution in [1.29, 1.82) is 0 Å². The first-order valence-electron chi connectivity index (χ1n) is 6.00. The Balaban J connectivity index is 2.05. The zero-order chi connectivity index (χ0) is 14.3. The monoisotopic (exact) mass is 297 g/mol. The van der Waals surface area contributed by atoms with Crippen molar-refractivity contribution >= 4 is 15.5 Å². The first-order chi connectivity index (χ1) is 9.46. The number of halogens is 1. The molecule has 7 nitrogen and oxygen atoms in total. The second-order valence-electron chi connectivity index (χ2n) is 4.74. The highest BCUT2D eigenvalue weighted by atomic mass is 32.2. The van der Waals surface area contributed by atoms with Gasteiger partial charge in [0.25, 0.3) is 0 Å². The molecule has 0 radical (unpaired) electrons. The number of nitrogens with zero attached hydrogens (tertiary/aromatic N) is 4. The van der Waals surface area contributed by atoms with Crippen molar-refractivity contribution in [3.05, 3.63) is 24.0 Å². The van der Waals surface area contributed by atoms with Gasteiger partial charge >= 0.3 is 0 Å². The average molecular weight is 297 g/mol. The lowest BCUT2D eigenvalue weighted by Crippen LogP contribution is -2.14. The number of aromatic nitrogens is 4. The highest BCUT2D eigenvalue weighted by molar-refractivity contribution is 7.91. The molecular formula is C11H12FN5O2S. The molecule has 0 amide bonds. The number of tetrazole rings is 1. The van der Waals surface area contributed by atoms with Gasteiger partial charge in [0, 0.05) is 11.3 Å². The number of rotatable bonds is 2. The Morgan fingerprint density at radius 1 is 1.40 bits per heavy atom. The lowest BCUT2D eigenvalue weighted by molar-refractivity contribution is 0.489. The van der Waals surface area contributed by atoms with Gasteiger partial charge < -0.3 is 5.73 Å². The van der Waals surface area contributed by atoms with Crippen LogP contribution in [0.4, 0.5) is 10.1 Å². The lowest BCUT2D eigenvalue weighted by Gasteiger charge is -2.11. The standard InChI is InChI=1S/C11H12FN5O2S/c12-7-1-2-10(13)9(5-7)11-14-15-16-17(11)8-3-4-20(18,19)6-8/h1-2,5,8H,3-4,6,13H2. The van der Waals surface area contributed by atoms with Gasteiger partial charge in [0.05, 0.1) is 17.5 Å². The number of nitrogen functional groups attached to an aromatic ring is 1. The van der Waals surface area contributed by atoms with Gasteiger partial charge in [-0.2, -0.15) is 0 Å². The van der Waals surface area contributed by atoms with Gasteiger partial charge in [0.1, 0.15) is 5.82 Å². The van der Waals surface area contributed by atoms with Crippen molar-refractivity contribution in [2.75, 3.05) is 17.2 Å². The summed E-state index contributed by atoms with van der Waals surface area (Å²) < 4.78 is 37.8. The molecule has 9 heteroatoms. The van der Waals surface area contributed by atoms with E-state index in [1.807, 2.05) is 0 Å². The molecule has 1 saturated heterocycles. The molecule has 2 aromatic rings. The summed E-state index contributed by atoms with van der Waals surface area (Å²) in [7, 11) is -3.06. The number of anilines is 1. The molecule has 106 valence electrons. The van der Waals surface area contributed by atoms with E-state index in [2.05, 4.69) is 15.5 Å². The minimum Gasteiger partial charge on any atom is -0.398 e. The summed E-state index contributed by atoms with van der Waals surface area (Å²) in [5.74, 6) is -0.0811. The van der Waals surface area contributed by atoms with E-state index in [0.717, 1.165) is 0 Å². The van der Waals surface area contributed by atoms with Crippen LogP contribution in [0, 0.1) is 5.82 Å². The van der Waals surface area contributed by atoms with Crippen molar-refractivity contribution < 1.29 is 12.8 Å². The zero-order valence-electron chi connectivity index (χ0n) is 10.4. The Hall–Kier alpha value is -2.03. The van der Waals surface area contributed by atoms with Gasteiger partial charge in [-0.3, -0.25) is 0 Å². The van der Waals surface area contributed by atoms with E-state index in [0.29, 0.717) is 17.7 Å². The van der Waals surface area contributed by atoms with Gasteiger partial charge in [-0.25, -0.2) is 17.5 Å². The molecule has 0 bridgehead atoms. The summed E-state index contributed by atoms with van der Waals surface area (Å²) in [6, 6.07) is 3.57. The van der Waals surface area contributed by atoms with Crippen LogP contribution in [-0.4, -0.2) is 40.1 Å². The first-order valence-corrected chi connectivity index (χ1v) is 7.82. The van der Waals surface area contributed by atoms with Crippen LogP contribution in [-0.2, 0) is 9.84 Å². The summed E-state index contributed by atoms with van der Waals surface area (Å²) >= 11 is 0. The third kappa shape index (κ3) is 2.24. The maximum Gasteiger partial charge on any atom is 0.184 e. The van der Waals surface area contributed by atoms with Gasteiger partial charge in [0.15, 0.2) is 15.7 Å². The number of sulfone groups is 1. The van der Waals surface area contributed by atoms with E-state index >= 15 is 0 Å². The highest BCUT2D eigenvalue weighted by Gasteiger charge is 2.32. The van der Waals surface area contributed by atoms with Gasteiger partial charge in [0.2, 0.25) is 0 Å². The molecular weight excluding hydrogens is 285 g/mol. The van der Waals surface area contributed by atoms with Crippen molar-refractivity contribution in [3.63, 3.8) is 0 Å². The summed E-state index contributed by atoms with van der Waals surface area (Å²) in [6.07, 6.45) is 0.440. The van der Waals surface area contributed by atoms with Gasteiger partial charge in [-0.1, -0.05) is 0 Å². The molecule has 1 aromatic heterocycles. The zero-order valence-corrected chi connectivity index (χ0v) is 11.2. The Morgan fingerprint density at radius 2 is 2.20 bits per heavy atom. The molecule has 0 saturated carbocycles. The molecule has 1 aliphatic rings. The summed E-state index contributed by atoms with van der Waals surface area (Å²) in [5, 5.41) is 11.2. The van der Waals surface area contributed by atoms with E-state index in [-0.39, 0.29) is 23.4 Å². The molecule has 1 fully saturated rings. The first kappa shape index (κ1) is 13.0. The normalized spacial score (nSPS) is 21.1. The fourth-order valence-electron chi connectivity index (χ4n) is 2.31. The predicted molar refractivity (Wildman–Crippen MR) is 69.9 cm³/mol. The van der Waals surface area contributed by atoms with Crippen molar-refractivity contribution in [2.45, 2.75) is 12.5 Å². The minimum absolute atomic E-state index is 0.0136. The van der Waals surface area contributed by atoms with Crippen LogP contribution < -0.4 is 5.73 Å². The molecule has 2 N–H and O–H groups in total. The molecule has 2 heterocycles. The third-order valence-electron chi connectivity index (χ3n) is 3.30. The van der Waals surface area contributed by atoms with Crippen LogP contribution >= 0.6 is 0 Å². The largest absolute Gasteiger partial charge is 0.398 e. The Labute approximate surface area is 114 Å². The van der Waals surface area contributed by atoms with Crippen LogP contribution in [0.15, 0.2) is 18.2 Å². The topological polar surface area (TPSA) is 104 Å². The number of benzene rings is 1. The van der Waals surface area contributed by atoms with Crippen LogP contribution in [0.1, 0.15) is 12.5 Å². The molecule has 20 heavy (non-hydrogen) atoms. The molecule has 0 spiro atoms. The fourth-order valence-corrected chi connectivity index (χ4v) is 4.00. The van der Waals surface area contributed by atoms with E-state index in [1.54, 1.807) is 0 Å². The molecule has 1 aromatic carbocycles. The van der Waals surface area contributed by atoms with E-state index in [9.17, 15) is 12.8 Å². The van der Waals surface area contributed by atoms with Crippen LogP contribution in [0.2, 0.25) is 0 Å². The Morgan fingerprint density at radius 3 is 2.90 bits per heavy atom. The van der Waals surface area contributed by atoms with E-state index < -0.39 is 15.7 Å². The summed E-state index contributed by atoms with van der Waals surface area (Å²) in [4.78, 5) is 0. The van der Waals surface area contributed by atoms with Crippen LogP contribution in [0.5, 0.6) is 0 Å². The van der Waals surface area contributed by atoms with Crippen LogP contribution in [0.3, 0.4) is 0 Å². The maximum absolute atomic E-state index is 13.3. The number of nitrogens with two attached hydrogens (primary N) is 1. The quantitative estimate of drug-likeness (QED) is 0.806. The summed E-state index contributed by atoms with van der Waals surface area (Å²) in [5.41, 5.74) is 6.50. The lowest BCUT2D eigenvalue weighted by atomic mass is 10.1. The van der Waals surface area contributed by atoms with Crippen LogP contribution in [0.25, 0.3) is 11.4 Å². The van der Waals surface area contributed by atoms with E-state index in [1.165, 1.54) is 22.9 Å². The second kappa shape index (κ2) is 4.51. The SMILES string of the molecule is Nc1ccc(F)cc1-c1nnnn1C1CCS(=O)(=O)C1. The van der Waals surface area contributed by atoms with E-state index in [4.69, 9.17) is 5.73 Å². The van der Waals surface area contributed by atoms with Gasteiger partial charge in [-0.15, -0.1) is 5.10 Å². The fraction of sp³-hybridized carbons (Fsp3) is 0.364. The Kier molecular flexibility index (Phi) is 2.93. The maximum atomic E-state index is 13.3. The predicted octanol–water partition coefficient (Wildman–Crippen LogP) is 0.421. The molecule has 3 rings (SSSR count). The number of hydrogen-bond donors (Lipinski definition) is 1. The minimum atomic E-state index is -3.06. The number of hydrogen-bond acceptors (Lipinski definition) is 6. The third-order valence-corrected chi connectivity index (χ3v) is 5.05. The van der Waals surface area contributed by atoms with Crippen molar-refractivity contribution in [2.24, 2.45) is 0 Å². The summed E-state index contributed by atoms with van der Waals surface area (Å²) in [6.45, 7) is 0.